The van der Waals surface area contributed by atoms with Crippen LogP contribution in [-0.2, 0) is 12.6 Å². The summed E-state index contributed by atoms with van der Waals surface area (Å²) in [5.74, 6) is 0.608. The molecule has 6 nitrogen and oxygen atoms in total. The van der Waals surface area contributed by atoms with E-state index < -0.39 is 11.9 Å². The Balaban J connectivity index is 1.77. The van der Waals surface area contributed by atoms with E-state index in [0.29, 0.717) is 25.6 Å². The number of hydrogen-bond donors (Lipinski definition) is 3. The highest BCUT2D eigenvalue weighted by atomic mass is 32.1. The predicted molar refractivity (Wildman–Crippen MR) is 97.5 cm³/mol. The molecular formula is C16H21F3N6S. The Hall–Kier alpha value is -2.36. The van der Waals surface area contributed by atoms with Crippen LogP contribution in [0.3, 0.4) is 0 Å². The van der Waals surface area contributed by atoms with Crippen LogP contribution in [0.2, 0.25) is 0 Å². The Morgan fingerprint density at radius 2 is 2.08 bits per heavy atom. The average Bonchev–Trinajstić information content (AvgIpc) is 3.11. The van der Waals surface area contributed by atoms with Crippen LogP contribution in [-0.4, -0.2) is 42.1 Å². The quantitative estimate of drug-likeness (QED) is 0.370. The van der Waals surface area contributed by atoms with E-state index in [9.17, 15) is 13.2 Å². The molecule has 0 unspecified atom stereocenters. The van der Waals surface area contributed by atoms with E-state index in [0.717, 1.165) is 25.2 Å². The van der Waals surface area contributed by atoms with Crippen molar-refractivity contribution in [3.8, 4) is 0 Å². The first-order chi connectivity index (χ1) is 12.5. The second kappa shape index (κ2) is 9.95. The number of rotatable bonds is 8. The molecule has 10 heteroatoms. The number of aliphatic imine (C=N–C) groups is 1. The van der Waals surface area contributed by atoms with E-state index in [1.807, 2.05) is 18.4 Å². The van der Waals surface area contributed by atoms with Crippen molar-refractivity contribution in [2.24, 2.45) is 4.99 Å². The van der Waals surface area contributed by atoms with Gasteiger partial charge in [-0.25, -0.2) is 9.97 Å². The zero-order valence-electron chi connectivity index (χ0n) is 14.3. The molecule has 0 saturated heterocycles. The average molecular weight is 386 g/mol. The summed E-state index contributed by atoms with van der Waals surface area (Å²) < 4.78 is 37.8. The molecule has 26 heavy (non-hydrogen) atoms. The largest absolute Gasteiger partial charge is 0.433 e. The normalized spacial score (nSPS) is 12.1. The van der Waals surface area contributed by atoms with Crippen molar-refractivity contribution in [3.05, 3.63) is 40.3 Å². The second-order valence-electron chi connectivity index (χ2n) is 5.21. The first-order valence-electron chi connectivity index (χ1n) is 8.17. The summed E-state index contributed by atoms with van der Waals surface area (Å²) in [7, 11) is 0. The molecule has 142 valence electrons. The molecule has 0 aliphatic carbocycles. The van der Waals surface area contributed by atoms with E-state index in [-0.39, 0.29) is 5.95 Å². The molecule has 0 aliphatic rings. The van der Waals surface area contributed by atoms with Gasteiger partial charge in [-0.2, -0.15) is 13.2 Å². The number of nitrogens with zero attached hydrogens (tertiary/aromatic N) is 3. The van der Waals surface area contributed by atoms with Crippen molar-refractivity contribution in [3.63, 3.8) is 0 Å². The lowest BCUT2D eigenvalue weighted by molar-refractivity contribution is -0.141. The van der Waals surface area contributed by atoms with Gasteiger partial charge >= 0.3 is 6.18 Å². The van der Waals surface area contributed by atoms with Crippen molar-refractivity contribution >= 4 is 23.2 Å². The van der Waals surface area contributed by atoms with Gasteiger partial charge in [-0.05, 0) is 24.4 Å². The highest BCUT2D eigenvalue weighted by molar-refractivity contribution is 7.09. The Labute approximate surface area is 154 Å². The number of halogens is 3. The van der Waals surface area contributed by atoms with E-state index >= 15 is 0 Å². The van der Waals surface area contributed by atoms with E-state index in [1.54, 1.807) is 11.3 Å². The van der Waals surface area contributed by atoms with Crippen molar-refractivity contribution < 1.29 is 13.2 Å². The summed E-state index contributed by atoms with van der Waals surface area (Å²) in [6.45, 7) is 4.15. The van der Waals surface area contributed by atoms with Gasteiger partial charge in [-0.3, -0.25) is 4.99 Å². The number of nitrogens with one attached hydrogen (secondary N) is 3. The third-order valence-electron chi connectivity index (χ3n) is 3.20. The third-order valence-corrected chi connectivity index (χ3v) is 4.14. The van der Waals surface area contributed by atoms with Crippen molar-refractivity contribution in [2.45, 2.75) is 19.5 Å². The van der Waals surface area contributed by atoms with E-state index in [2.05, 4.69) is 37.0 Å². The molecule has 2 rings (SSSR count). The third kappa shape index (κ3) is 6.87. The molecule has 0 aromatic carbocycles. The van der Waals surface area contributed by atoms with Crippen LogP contribution in [0.25, 0.3) is 0 Å². The maximum Gasteiger partial charge on any atom is 0.433 e. The summed E-state index contributed by atoms with van der Waals surface area (Å²) in [4.78, 5) is 13.0. The fraction of sp³-hybridized carbons (Fsp3) is 0.438. The number of hydrogen-bond acceptors (Lipinski definition) is 5. The van der Waals surface area contributed by atoms with Crippen LogP contribution in [0.5, 0.6) is 0 Å². The fourth-order valence-corrected chi connectivity index (χ4v) is 2.73. The minimum atomic E-state index is -4.48. The first-order valence-corrected chi connectivity index (χ1v) is 9.05. The van der Waals surface area contributed by atoms with Crippen LogP contribution in [0.4, 0.5) is 19.1 Å². The summed E-state index contributed by atoms with van der Waals surface area (Å²) >= 11 is 1.70. The van der Waals surface area contributed by atoms with Gasteiger partial charge in [0.05, 0.1) is 0 Å². The Morgan fingerprint density at radius 1 is 1.23 bits per heavy atom. The molecule has 2 heterocycles. The smallest absolute Gasteiger partial charge is 0.357 e. The van der Waals surface area contributed by atoms with Gasteiger partial charge in [0, 0.05) is 43.7 Å². The number of guanidine groups is 1. The monoisotopic (exact) mass is 386 g/mol. The molecular weight excluding hydrogens is 365 g/mol. The SMILES string of the molecule is CCNC(=NCCc1cccs1)NCCNc1nccc(C(F)(F)F)n1. The Bertz CT molecular complexity index is 688. The highest BCUT2D eigenvalue weighted by Crippen LogP contribution is 2.27. The summed E-state index contributed by atoms with van der Waals surface area (Å²) in [6, 6.07) is 4.92. The standard InChI is InChI=1S/C16H21F3N6S/c1-2-20-14(21-7-5-12-4-3-11-26-12)23-9-10-24-15-22-8-6-13(25-15)16(17,18)19/h3-4,6,8,11H,2,5,7,9-10H2,1H3,(H2,20,21,23)(H,22,24,25). The minimum absolute atomic E-state index is 0.0544. The lowest BCUT2D eigenvalue weighted by Crippen LogP contribution is -2.39. The van der Waals surface area contributed by atoms with Crippen LogP contribution in [0.15, 0.2) is 34.8 Å². The van der Waals surface area contributed by atoms with Crippen LogP contribution >= 0.6 is 11.3 Å². The lowest BCUT2D eigenvalue weighted by Gasteiger charge is -2.12. The van der Waals surface area contributed by atoms with Gasteiger partial charge in [0.2, 0.25) is 5.95 Å². The molecule has 0 fully saturated rings. The highest BCUT2D eigenvalue weighted by Gasteiger charge is 2.32. The molecule has 2 aromatic heterocycles. The first kappa shape index (κ1) is 20.0. The topological polar surface area (TPSA) is 74.2 Å². The number of thiophene rings is 1. The molecule has 0 amide bonds. The van der Waals surface area contributed by atoms with Crippen molar-refractivity contribution in [1.82, 2.24) is 20.6 Å². The molecule has 0 bridgehead atoms. The van der Waals surface area contributed by atoms with Crippen LogP contribution < -0.4 is 16.0 Å². The number of aromatic nitrogens is 2. The van der Waals surface area contributed by atoms with E-state index in [1.165, 1.54) is 4.88 Å². The van der Waals surface area contributed by atoms with Gasteiger partial charge < -0.3 is 16.0 Å². The summed E-state index contributed by atoms with van der Waals surface area (Å²) in [6.07, 6.45) is -2.53. The Morgan fingerprint density at radius 3 is 2.77 bits per heavy atom. The van der Waals surface area contributed by atoms with Crippen LogP contribution in [0, 0.1) is 0 Å². The second-order valence-corrected chi connectivity index (χ2v) is 6.24. The summed E-state index contributed by atoms with van der Waals surface area (Å²) in [5, 5.41) is 11.0. The van der Waals surface area contributed by atoms with E-state index in [4.69, 9.17) is 0 Å². The maximum atomic E-state index is 12.6. The molecule has 0 saturated carbocycles. The van der Waals surface area contributed by atoms with Gasteiger partial charge in [0.15, 0.2) is 5.96 Å². The molecule has 3 N–H and O–H groups in total. The van der Waals surface area contributed by atoms with Gasteiger partial charge in [0.25, 0.3) is 0 Å². The zero-order chi connectivity index (χ0) is 18.8. The van der Waals surface area contributed by atoms with Crippen LogP contribution in [0.1, 0.15) is 17.5 Å². The van der Waals surface area contributed by atoms with Gasteiger partial charge in [-0.1, -0.05) is 6.07 Å². The molecule has 0 radical (unpaired) electrons. The minimum Gasteiger partial charge on any atom is -0.357 e. The molecule has 2 aromatic rings. The van der Waals surface area contributed by atoms with Gasteiger partial charge in [-0.15, -0.1) is 11.3 Å². The fourth-order valence-electron chi connectivity index (χ4n) is 2.03. The maximum absolute atomic E-state index is 12.6. The number of alkyl halides is 3. The molecule has 0 spiro atoms. The van der Waals surface area contributed by atoms with Gasteiger partial charge in [0.1, 0.15) is 5.69 Å². The summed E-state index contributed by atoms with van der Waals surface area (Å²) in [5.41, 5.74) is -0.966. The molecule has 0 atom stereocenters. The van der Waals surface area contributed by atoms with Crippen molar-refractivity contribution in [2.75, 3.05) is 31.5 Å². The zero-order valence-corrected chi connectivity index (χ0v) is 15.1. The number of anilines is 1. The Kier molecular flexibility index (Phi) is 7.64. The predicted octanol–water partition coefficient (Wildman–Crippen LogP) is 2.77. The van der Waals surface area contributed by atoms with Crippen molar-refractivity contribution in [1.29, 1.82) is 0 Å². The molecule has 0 aliphatic heterocycles. The lowest BCUT2D eigenvalue weighted by atomic mass is 10.3.